The smallest absolute Gasteiger partial charge is 0.289 e. The fourth-order valence-corrected chi connectivity index (χ4v) is 2.38. The Bertz CT molecular complexity index is 1000. The van der Waals surface area contributed by atoms with Crippen LogP contribution in [0.1, 0.15) is 32.1 Å². The monoisotopic (exact) mass is 394 g/mol. The average Bonchev–Trinajstić information content (AvgIpc) is 3.10. The number of hydrogen-bond acceptors (Lipinski definition) is 4. The Morgan fingerprint density at radius 1 is 1.00 bits per heavy atom. The van der Waals surface area contributed by atoms with Crippen LogP contribution < -0.4 is 5.32 Å². The normalized spacial score (nSPS) is 11.3. The maximum Gasteiger partial charge on any atom is 0.451 e. The Hall–Kier alpha value is -3.20. The van der Waals surface area contributed by atoms with Gasteiger partial charge in [0, 0.05) is 16.1 Å². The van der Waals surface area contributed by atoms with Crippen LogP contribution in [0.15, 0.2) is 48.5 Å². The van der Waals surface area contributed by atoms with Crippen molar-refractivity contribution < 1.29 is 22.8 Å². The first-order valence-electron chi connectivity index (χ1n) is 7.46. The van der Waals surface area contributed by atoms with Crippen LogP contribution in [0.4, 0.5) is 19.1 Å². The highest BCUT2D eigenvalue weighted by atomic mass is 35.5. The Kier molecular flexibility index (Phi) is 4.95. The average molecular weight is 395 g/mol. The first-order chi connectivity index (χ1) is 12.8. The van der Waals surface area contributed by atoms with Crippen molar-refractivity contribution >= 4 is 29.2 Å². The molecule has 2 aromatic carbocycles. The summed E-state index contributed by atoms with van der Waals surface area (Å²) in [6.07, 6.45) is -4.72. The Morgan fingerprint density at radius 2 is 1.63 bits per heavy atom. The van der Waals surface area contributed by atoms with Crippen LogP contribution in [-0.4, -0.2) is 26.9 Å². The first kappa shape index (κ1) is 18.6. The van der Waals surface area contributed by atoms with Gasteiger partial charge in [0.15, 0.2) is 5.78 Å². The van der Waals surface area contributed by atoms with Gasteiger partial charge in [-0.3, -0.25) is 20.0 Å². The van der Waals surface area contributed by atoms with Crippen LogP contribution >= 0.6 is 11.6 Å². The summed E-state index contributed by atoms with van der Waals surface area (Å²) in [5.74, 6) is -3.16. The highest BCUT2D eigenvalue weighted by Crippen LogP contribution is 2.26. The number of ketones is 1. The molecule has 0 bridgehead atoms. The largest absolute Gasteiger partial charge is 0.451 e. The standard InChI is InChI=1S/C17H10ClF3N4O2/c18-10-7-5-9(6-8-10)13(26)11-3-1-2-4-12(11)14(27)22-16-23-15(24-25-16)17(19,20)21/h1-8H,(H2,22,23,24,25,27). The number of rotatable bonds is 4. The van der Waals surface area contributed by atoms with E-state index in [0.717, 1.165) is 0 Å². The molecule has 138 valence electrons. The van der Waals surface area contributed by atoms with E-state index in [4.69, 9.17) is 11.6 Å². The van der Waals surface area contributed by atoms with Crippen molar-refractivity contribution in [3.8, 4) is 0 Å². The van der Waals surface area contributed by atoms with E-state index in [1.165, 1.54) is 42.5 Å². The number of halogens is 4. The molecule has 0 aliphatic rings. The molecule has 6 nitrogen and oxygen atoms in total. The number of carbonyl (C=O) groups excluding carboxylic acids is 2. The molecule has 0 spiro atoms. The predicted molar refractivity (Wildman–Crippen MR) is 90.7 cm³/mol. The van der Waals surface area contributed by atoms with Crippen LogP contribution in [0, 0.1) is 0 Å². The zero-order valence-electron chi connectivity index (χ0n) is 13.3. The highest BCUT2D eigenvalue weighted by Gasteiger charge is 2.35. The summed E-state index contributed by atoms with van der Waals surface area (Å²) < 4.78 is 37.6. The number of carbonyl (C=O) groups is 2. The number of anilines is 1. The fourth-order valence-electron chi connectivity index (χ4n) is 2.25. The van der Waals surface area contributed by atoms with E-state index in [0.29, 0.717) is 10.6 Å². The van der Waals surface area contributed by atoms with E-state index < -0.39 is 29.6 Å². The van der Waals surface area contributed by atoms with Crippen molar-refractivity contribution in [3.63, 3.8) is 0 Å². The van der Waals surface area contributed by atoms with Gasteiger partial charge in [-0.05, 0) is 30.3 Å². The first-order valence-corrected chi connectivity index (χ1v) is 7.84. The third kappa shape index (κ3) is 4.14. The summed E-state index contributed by atoms with van der Waals surface area (Å²) in [4.78, 5) is 28.3. The van der Waals surface area contributed by atoms with Crippen LogP contribution in [0.25, 0.3) is 0 Å². The molecule has 0 atom stereocenters. The van der Waals surface area contributed by atoms with E-state index in [2.05, 4.69) is 15.4 Å². The van der Waals surface area contributed by atoms with Gasteiger partial charge < -0.3 is 0 Å². The van der Waals surface area contributed by atoms with Crippen molar-refractivity contribution in [1.29, 1.82) is 0 Å². The zero-order chi connectivity index (χ0) is 19.6. The third-order valence-corrected chi connectivity index (χ3v) is 3.75. The topological polar surface area (TPSA) is 87.7 Å². The van der Waals surface area contributed by atoms with Gasteiger partial charge in [0.1, 0.15) is 0 Å². The van der Waals surface area contributed by atoms with Gasteiger partial charge in [0.25, 0.3) is 5.91 Å². The minimum absolute atomic E-state index is 0.0317. The summed E-state index contributed by atoms with van der Waals surface area (Å²) in [7, 11) is 0. The molecular weight excluding hydrogens is 385 g/mol. The molecular formula is C17H10ClF3N4O2. The van der Waals surface area contributed by atoms with Crippen LogP contribution in [-0.2, 0) is 6.18 Å². The number of alkyl halides is 3. The molecule has 0 fully saturated rings. The number of aromatic amines is 1. The molecule has 27 heavy (non-hydrogen) atoms. The van der Waals surface area contributed by atoms with Gasteiger partial charge in [-0.1, -0.05) is 29.8 Å². The maximum atomic E-state index is 12.7. The van der Waals surface area contributed by atoms with Gasteiger partial charge in [-0.2, -0.15) is 18.2 Å². The van der Waals surface area contributed by atoms with Gasteiger partial charge in [0.05, 0.1) is 5.56 Å². The number of aromatic nitrogens is 3. The lowest BCUT2D eigenvalue weighted by molar-refractivity contribution is -0.144. The van der Waals surface area contributed by atoms with Crippen LogP contribution in [0.2, 0.25) is 5.02 Å². The maximum absolute atomic E-state index is 12.7. The minimum Gasteiger partial charge on any atom is -0.289 e. The third-order valence-electron chi connectivity index (χ3n) is 3.50. The summed E-state index contributed by atoms with van der Waals surface area (Å²) in [5.41, 5.74) is 0.344. The predicted octanol–water partition coefficient (Wildman–Crippen LogP) is 3.96. The molecule has 0 aliphatic carbocycles. The molecule has 0 saturated heterocycles. The molecule has 0 radical (unpaired) electrons. The molecule has 0 saturated carbocycles. The summed E-state index contributed by atoms with van der Waals surface area (Å²) >= 11 is 5.80. The van der Waals surface area contributed by atoms with Gasteiger partial charge in [-0.15, -0.1) is 5.10 Å². The lowest BCUT2D eigenvalue weighted by Gasteiger charge is -2.08. The van der Waals surface area contributed by atoms with Gasteiger partial charge >= 0.3 is 6.18 Å². The molecule has 1 amide bonds. The van der Waals surface area contributed by atoms with Crippen molar-refractivity contribution in [3.05, 3.63) is 76.1 Å². The van der Waals surface area contributed by atoms with Crippen molar-refractivity contribution in [2.24, 2.45) is 0 Å². The quantitative estimate of drug-likeness (QED) is 0.656. The van der Waals surface area contributed by atoms with E-state index in [9.17, 15) is 22.8 Å². The number of hydrogen-bond donors (Lipinski definition) is 2. The Balaban J connectivity index is 1.87. The lowest BCUT2D eigenvalue weighted by atomic mass is 9.98. The van der Waals surface area contributed by atoms with E-state index in [1.54, 1.807) is 11.2 Å². The molecule has 2 N–H and O–H groups in total. The molecule has 1 heterocycles. The van der Waals surface area contributed by atoms with E-state index in [-0.39, 0.29) is 11.1 Å². The second kappa shape index (κ2) is 7.20. The van der Waals surface area contributed by atoms with Crippen molar-refractivity contribution in [1.82, 2.24) is 15.2 Å². The molecule has 3 rings (SSSR count). The molecule has 3 aromatic rings. The molecule has 0 unspecified atom stereocenters. The lowest BCUT2D eigenvalue weighted by Crippen LogP contribution is -2.18. The van der Waals surface area contributed by atoms with E-state index >= 15 is 0 Å². The minimum atomic E-state index is -4.72. The zero-order valence-corrected chi connectivity index (χ0v) is 14.1. The molecule has 0 aliphatic heterocycles. The number of amides is 1. The van der Waals surface area contributed by atoms with Crippen molar-refractivity contribution in [2.45, 2.75) is 6.18 Å². The van der Waals surface area contributed by atoms with Gasteiger partial charge in [-0.25, -0.2) is 0 Å². The summed E-state index contributed by atoms with van der Waals surface area (Å²) in [6, 6.07) is 12.0. The van der Waals surface area contributed by atoms with Crippen LogP contribution in [0.5, 0.6) is 0 Å². The van der Waals surface area contributed by atoms with Crippen molar-refractivity contribution in [2.75, 3.05) is 5.32 Å². The number of nitrogens with one attached hydrogen (secondary N) is 2. The number of nitrogens with zero attached hydrogens (tertiary/aromatic N) is 2. The Labute approximate surface area is 155 Å². The SMILES string of the molecule is O=C(Nc1n[nH]c(C(F)(F)F)n1)c1ccccc1C(=O)c1ccc(Cl)cc1. The molecule has 10 heteroatoms. The van der Waals surface area contributed by atoms with Crippen LogP contribution in [0.3, 0.4) is 0 Å². The summed E-state index contributed by atoms with van der Waals surface area (Å²) in [6.45, 7) is 0. The van der Waals surface area contributed by atoms with Gasteiger partial charge in [0.2, 0.25) is 11.8 Å². The highest BCUT2D eigenvalue weighted by molar-refractivity contribution is 6.30. The second-order valence-electron chi connectivity index (χ2n) is 5.34. The fraction of sp³-hybridized carbons (Fsp3) is 0.0588. The van der Waals surface area contributed by atoms with E-state index in [1.807, 2.05) is 0 Å². The number of H-pyrrole nitrogens is 1. The molecule has 1 aromatic heterocycles. The number of benzene rings is 2. The Morgan fingerprint density at radius 3 is 2.22 bits per heavy atom. The summed E-state index contributed by atoms with van der Waals surface area (Å²) in [5, 5.41) is 7.58. The second-order valence-corrected chi connectivity index (χ2v) is 5.78.